The molecule has 2 aromatic rings. The third-order valence-corrected chi connectivity index (χ3v) is 3.25. The zero-order valence-corrected chi connectivity index (χ0v) is 11.7. The highest BCUT2D eigenvalue weighted by molar-refractivity contribution is 7.16. The van der Waals surface area contributed by atoms with Gasteiger partial charge in [-0.2, -0.15) is 0 Å². The summed E-state index contributed by atoms with van der Waals surface area (Å²) in [6, 6.07) is 5.80. The average molecular weight is 286 g/mol. The molecule has 3 N–H and O–H groups in total. The number of aromatic nitrogens is 1. The second-order valence-corrected chi connectivity index (χ2v) is 4.99. The highest BCUT2D eigenvalue weighted by atomic mass is 35.5. The first-order valence-corrected chi connectivity index (χ1v) is 6.42. The molecule has 0 spiro atoms. The first-order chi connectivity index (χ1) is 8.15. The zero-order valence-electron chi connectivity index (χ0n) is 10.1. The van der Waals surface area contributed by atoms with E-state index >= 15 is 0 Å². The van der Waals surface area contributed by atoms with Crippen LogP contribution in [-0.2, 0) is 4.79 Å². The molecule has 0 saturated heterocycles. The second-order valence-electron chi connectivity index (χ2n) is 4.10. The van der Waals surface area contributed by atoms with Crippen molar-refractivity contribution in [3.05, 3.63) is 23.7 Å². The molecular weight excluding hydrogens is 270 g/mol. The Morgan fingerprint density at radius 1 is 1.56 bits per heavy atom. The van der Waals surface area contributed by atoms with Crippen LogP contribution >= 0.6 is 23.7 Å². The second kappa shape index (κ2) is 6.68. The molecule has 1 aromatic heterocycles. The maximum Gasteiger partial charge on any atom is 0.224 e. The number of amides is 1. The number of anilines is 1. The fourth-order valence-electron chi connectivity index (χ4n) is 1.52. The maximum atomic E-state index is 11.6. The van der Waals surface area contributed by atoms with Crippen LogP contribution in [0.5, 0.6) is 0 Å². The minimum Gasteiger partial charge on any atom is -0.328 e. The molecule has 0 saturated carbocycles. The number of hydrogen-bond donors (Lipinski definition) is 2. The van der Waals surface area contributed by atoms with Gasteiger partial charge >= 0.3 is 0 Å². The molecule has 1 amide bonds. The van der Waals surface area contributed by atoms with Crippen LogP contribution in [-0.4, -0.2) is 16.9 Å². The summed E-state index contributed by atoms with van der Waals surface area (Å²) in [6.07, 6.45) is 1.15. The van der Waals surface area contributed by atoms with Crippen molar-refractivity contribution in [3.63, 3.8) is 0 Å². The zero-order chi connectivity index (χ0) is 12.3. The van der Waals surface area contributed by atoms with E-state index in [-0.39, 0.29) is 24.4 Å². The van der Waals surface area contributed by atoms with Gasteiger partial charge in [0.05, 0.1) is 15.7 Å². The van der Waals surface area contributed by atoms with E-state index < -0.39 is 0 Å². The smallest absolute Gasteiger partial charge is 0.224 e. The molecular formula is C12H16ClN3OS. The molecule has 0 aliphatic rings. The minimum atomic E-state index is -0.00289. The van der Waals surface area contributed by atoms with E-state index in [2.05, 4.69) is 10.3 Å². The van der Waals surface area contributed by atoms with Crippen LogP contribution in [0.3, 0.4) is 0 Å². The standard InChI is InChI=1S/C12H15N3OS.ClH/c1-8(13)2-5-12(16)15-9-3-4-11-10(6-9)14-7-17-11;/h3-4,6-8H,2,5,13H2,1H3,(H,15,16);1H. The van der Waals surface area contributed by atoms with Crippen molar-refractivity contribution in [2.75, 3.05) is 5.32 Å². The van der Waals surface area contributed by atoms with Crippen LogP contribution in [0.2, 0.25) is 0 Å². The van der Waals surface area contributed by atoms with Gasteiger partial charge in [0.15, 0.2) is 0 Å². The molecule has 0 radical (unpaired) electrons. The summed E-state index contributed by atoms with van der Waals surface area (Å²) in [6.45, 7) is 1.90. The molecule has 0 bridgehead atoms. The number of nitrogens with two attached hydrogens (primary N) is 1. The van der Waals surface area contributed by atoms with Gasteiger partial charge in [0.25, 0.3) is 0 Å². The third kappa shape index (κ3) is 3.94. The minimum absolute atomic E-state index is 0. The number of nitrogens with zero attached hydrogens (tertiary/aromatic N) is 1. The van der Waals surface area contributed by atoms with Crippen LogP contribution in [0, 0.1) is 0 Å². The van der Waals surface area contributed by atoms with Crippen LogP contribution in [0.1, 0.15) is 19.8 Å². The van der Waals surface area contributed by atoms with Crippen molar-refractivity contribution in [1.29, 1.82) is 0 Å². The van der Waals surface area contributed by atoms with Gasteiger partial charge in [-0.15, -0.1) is 23.7 Å². The predicted octanol–water partition coefficient (Wildman–Crippen LogP) is 2.78. The number of halogens is 1. The Labute approximate surface area is 116 Å². The van der Waals surface area contributed by atoms with Gasteiger partial charge in [0, 0.05) is 18.2 Å². The lowest BCUT2D eigenvalue weighted by Crippen LogP contribution is -2.19. The van der Waals surface area contributed by atoms with E-state index in [0.717, 1.165) is 15.9 Å². The molecule has 1 unspecified atom stereocenters. The van der Waals surface area contributed by atoms with E-state index in [9.17, 15) is 4.79 Å². The molecule has 1 heterocycles. The fraction of sp³-hybridized carbons (Fsp3) is 0.333. The average Bonchev–Trinajstić information content (AvgIpc) is 2.73. The molecule has 6 heteroatoms. The van der Waals surface area contributed by atoms with Crippen molar-refractivity contribution in [3.8, 4) is 0 Å². The molecule has 98 valence electrons. The Kier molecular flexibility index (Phi) is 5.53. The molecule has 18 heavy (non-hydrogen) atoms. The molecule has 0 fully saturated rings. The van der Waals surface area contributed by atoms with Crippen molar-refractivity contribution in [1.82, 2.24) is 4.98 Å². The Morgan fingerprint density at radius 3 is 3.06 bits per heavy atom. The lowest BCUT2D eigenvalue weighted by molar-refractivity contribution is -0.116. The quantitative estimate of drug-likeness (QED) is 0.908. The number of rotatable bonds is 4. The Hall–Kier alpha value is -1.17. The van der Waals surface area contributed by atoms with Crippen LogP contribution in [0.4, 0.5) is 5.69 Å². The maximum absolute atomic E-state index is 11.6. The molecule has 2 rings (SSSR count). The number of carbonyl (C=O) groups excluding carboxylic acids is 1. The third-order valence-electron chi connectivity index (χ3n) is 2.44. The number of benzene rings is 1. The number of carbonyl (C=O) groups is 1. The van der Waals surface area contributed by atoms with E-state index in [1.807, 2.05) is 25.1 Å². The summed E-state index contributed by atoms with van der Waals surface area (Å²) in [5.41, 5.74) is 9.11. The summed E-state index contributed by atoms with van der Waals surface area (Å²) >= 11 is 1.59. The number of thiazole rings is 1. The largest absolute Gasteiger partial charge is 0.328 e. The van der Waals surface area contributed by atoms with Gasteiger partial charge in [0.2, 0.25) is 5.91 Å². The summed E-state index contributed by atoms with van der Waals surface area (Å²) < 4.78 is 1.12. The first kappa shape index (κ1) is 14.9. The topological polar surface area (TPSA) is 68.0 Å². The van der Waals surface area contributed by atoms with Crippen LogP contribution in [0.25, 0.3) is 10.2 Å². The van der Waals surface area contributed by atoms with Gasteiger partial charge in [-0.3, -0.25) is 4.79 Å². The Bertz CT molecular complexity index is 527. The van der Waals surface area contributed by atoms with Crippen molar-refractivity contribution in [2.24, 2.45) is 5.73 Å². The van der Waals surface area contributed by atoms with Crippen LogP contribution < -0.4 is 11.1 Å². The number of hydrogen-bond acceptors (Lipinski definition) is 4. The Balaban J connectivity index is 0.00000162. The molecule has 0 aliphatic carbocycles. The molecule has 1 aromatic carbocycles. The number of fused-ring (bicyclic) bond motifs is 1. The highest BCUT2D eigenvalue weighted by Gasteiger charge is 2.05. The molecule has 0 aliphatic heterocycles. The monoisotopic (exact) mass is 285 g/mol. The first-order valence-electron chi connectivity index (χ1n) is 5.54. The lowest BCUT2D eigenvalue weighted by Gasteiger charge is -2.06. The van der Waals surface area contributed by atoms with Crippen LogP contribution in [0.15, 0.2) is 23.7 Å². The molecule has 4 nitrogen and oxygen atoms in total. The SMILES string of the molecule is CC(N)CCC(=O)Nc1ccc2scnc2c1.Cl. The number of nitrogens with one attached hydrogen (secondary N) is 1. The Morgan fingerprint density at radius 2 is 2.33 bits per heavy atom. The van der Waals surface area contributed by atoms with Gasteiger partial charge in [-0.05, 0) is 31.5 Å². The van der Waals surface area contributed by atoms with E-state index in [1.165, 1.54) is 0 Å². The van der Waals surface area contributed by atoms with Gasteiger partial charge in [-0.1, -0.05) is 0 Å². The fourth-order valence-corrected chi connectivity index (χ4v) is 2.18. The van der Waals surface area contributed by atoms with Gasteiger partial charge in [-0.25, -0.2) is 4.98 Å². The highest BCUT2D eigenvalue weighted by Crippen LogP contribution is 2.21. The van der Waals surface area contributed by atoms with E-state index in [1.54, 1.807) is 16.8 Å². The molecule has 1 atom stereocenters. The summed E-state index contributed by atoms with van der Waals surface area (Å²) in [7, 11) is 0. The lowest BCUT2D eigenvalue weighted by atomic mass is 10.2. The van der Waals surface area contributed by atoms with Gasteiger partial charge in [0.1, 0.15) is 0 Å². The summed E-state index contributed by atoms with van der Waals surface area (Å²) in [5, 5.41) is 2.85. The van der Waals surface area contributed by atoms with E-state index in [0.29, 0.717) is 12.8 Å². The van der Waals surface area contributed by atoms with Crippen molar-refractivity contribution >= 4 is 45.6 Å². The van der Waals surface area contributed by atoms with Gasteiger partial charge < -0.3 is 11.1 Å². The predicted molar refractivity (Wildman–Crippen MR) is 78.4 cm³/mol. The van der Waals surface area contributed by atoms with E-state index in [4.69, 9.17) is 5.73 Å². The van der Waals surface area contributed by atoms with Crippen molar-refractivity contribution in [2.45, 2.75) is 25.8 Å². The summed E-state index contributed by atoms with van der Waals surface area (Å²) in [5.74, 6) is -0.00289. The normalized spacial score (nSPS) is 11.9. The van der Waals surface area contributed by atoms with Crippen molar-refractivity contribution < 1.29 is 4.79 Å². The summed E-state index contributed by atoms with van der Waals surface area (Å²) in [4.78, 5) is 15.8.